The molecule has 1 aliphatic heterocycles. The summed E-state index contributed by atoms with van der Waals surface area (Å²) in [6.45, 7) is 3.82. The van der Waals surface area contributed by atoms with Crippen LogP contribution in [0.3, 0.4) is 0 Å². The highest BCUT2D eigenvalue weighted by atomic mass is 32.1. The largest absolute Gasteiger partial charge is 0.355 e. The number of hydrogen-bond acceptors (Lipinski definition) is 4. The second-order valence-corrected chi connectivity index (χ2v) is 7.61. The molecule has 2 atom stereocenters. The Hall–Kier alpha value is -1.72. The number of likely N-dealkylation sites (tertiary alicyclic amines) is 1. The molecule has 128 valence electrons. The van der Waals surface area contributed by atoms with E-state index in [9.17, 15) is 4.79 Å². The van der Waals surface area contributed by atoms with E-state index in [-0.39, 0.29) is 5.91 Å². The molecule has 5 heteroatoms. The van der Waals surface area contributed by atoms with Crippen molar-refractivity contribution >= 4 is 17.2 Å². The summed E-state index contributed by atoms with van der Waals surface area (Å²) in [6.07, 6.45) is 4.55. The second-order valence-electron chi connectivity index (χ2n) is 6.63. The van der Waals surface area contributed by atoms with E-state index >= 15 is 0 Å². The van der Waals surface area contributed by atoms with Crippen molar-refractivity contribution in [2.75, 3.05) is 20.1 Å². The van der Waals surface area contributed by atoms with Crippen LogP contribution in [0.2, 0.25) is 0 Å². The average molecular weight is 343 g/mol. The molecule has 0 saturated carbocycles. The molecule has 2 unspecified atom stereocenters. The number of thiophene rings is 1. The maximum atomic E-state index is 12.3. The molecule has 0 aliphatic carbocycles. The van der Waals surface area contributed by atoms with Gasteiger partial charge in [-0.3, -0.25) is 14.7 Å². The lowest BCUT2D eigenvalue weighted by Crippen LogP contribution is -2.41. The van der Waals surface area contributed by atoms with Gasteiger partial charge in [-0.1, -0.05) is 12.1 Å². The molecule has 0 bridgehead atoms. The summed E-state index contributed by atoms with van der Waals surface area (Å²) in [5.74, 6) is 0.557. The fourth-order valence-corrected chi connectivity index (χ4v) is 4.46. The Morgan fingerprint density at radius 1 is 1.42 bits per heavy atom. The Bertz CT molecular complexity index is 654. The summed E-state index contributed by atoms with van der Waals surface area (Å²) in [5, 5.41) is 5.28. The minimum atomic E-state index is 0.0822. The molecule has 2 aromatic heterocycles. The normalized spacial score (nSPS) is 21.6. The molecule has 2 aromatic rings. The minimum Gasteiger partial charge on any atom is -0.355 e. The fourth-order valence-electron chi connectivity index (χ4n) is 3.48. The van der Waals surface area contributed by atoms with Crippen molar-refractivity contribution in [1.82, 2.24) is 15.2 Å². The highest BCUT2D eigenvalue weighted by Gasteiger charge is 2.31. The van der Waals surface area contributed by atoms with Crippen LogP contribution in [0.25, 0.3) is 0 Å². The lowest BCUT2D eigenvalue weighted by molar-refractivity contribution is -0.120. The Morgan fingerprint density at radius 3 is 3.00 bits per heavy atom. The minimum absolute atomic E-state index is 0.0822. The first kappa shape index (κ1) is 17.1. The van der Waals surface area contributed by atoms with Crippen molar-refractivity contribution < 1.29 is 4.79 Å². The number of hydrogen-bond donors (Lipinski definition) is 1. The average Bonchev–Trinajstić information content (AvgIpc) is 3.09. The first-order chi connectivity index (χ1) is 11.6. The standard InChI is InChI=1S/C19H25N3OS/c1-14-7-8-15(12-20-14)11-18(23)21-13-16-5-3-9-22(2)19(16)17-6-4-10-24-17/h4,6-8,10,12,16,19H,3,5,9,11,13H2,1-2H3,(H,21,23). The Morgan fingerprint density at radius 2 is 2.29 bits per heavy atom. The number of aromatic nitrogens is 1. The van der Waals surface area contributed by atoms with Gasteiger partial charge in [-0.05, 0) is 62.4 Å². The molecule has 3 rings (SSSR count). The number of carbonyl (C=O) groups excluding carboxylic acids is 1. The lowest BCUT2D eigenvalue weighted by atomic mass is 9.88. The third kappa shape index (κ3) is 4.22. The molecule has 0 aromatic carbocycles. The van der Waals surface area contributed by atoms with Gasteiger partial charge in [0.25, 0.3) is 0 Å². The van der Waals surface area contributed by atoms with Crippen LogP contribution >= 0.6 is 11.3 Å². The number of nitrogens with zero attached hydrogens (tertiary/aromatic N) is 2. The zero-order valence-electron chi connectivity index (χ0n) is 14.4. The smallest absolute Gasteiger partial charge is 0.224 e. The molecule has 1 saturated heterocycles. The van der Waals surface area contributed by atoms with Crippen LogP contribution < -0.4 is 5.32 Å². The molecule has 1 fully saturated rings. The summed E-state index contributed by atoms with van der Waals surface area (Å²) in [6, 6.07) is 8.67. The van der Waals surface area contributed by atoms with E-state index in [2.05, 4.69) is 39.8 Å². The van der Waals surface area contributed by atoms with Crippen molar-refractivity contribution in [2.45, 2.75) is 32.2 Å². The van der Waals surface area contributed by atoms with Gasteiger partial charge in [0.15, 0.2) is 0 Å². The van der Waals surface area contributed by atoms with Crippen molar-refractivity contribution in [3.8, 4) is 0 Å². The van der Waals surface area contributed by atoms with Gasteiger partial charge in [0.2, 0.25) is 5.91 Å². The summed E-state index contributed by atoms with van der Waals surface area (Å²) < 4.78 is 0. The molecule has 1 aliphatic rings. The molecule has 4 nitrogen and oxygen atoms in total. The van der Waals surface area contributed by atoms with Gasteiger partial charge in [-0.15, -0.1) is 11.3 Å². The number of piperidine rings is 1. The van der Waals surface area contributed by atoms with Crippen molar-refractivity contribution in [2.24, 2.45) is 5.92 Å². The van der Waals surface area contributed by atoms with Crippen LogP contribution in [0.4, 0.5) is 0 Å². The van der Waals surface area contributed by atoms with Gasteiger partial charge in [0.05, 0.1) is 6.42 Å². The van der Waals surface area contributed by atoms with Crippen LogP contribution in [-0.4, -0.2) is 35.9 Å². The van der Waals surface area contributed by atoms with E-state index in [4.69, 9.17) is 0 Å². The molecule has 1 amide bonds. The highest BCUT2D eigenvalue weighted by molar-refractivity contribution is 7.10. The maximum absolute atomic E-state index is 12.3. The Labute approximate surface area is 147 Å². The van der Waals surface area contributed by atoms with Gasteiger partial charge >= 0.3 is 0 Å². The van der Waals surface area contributed by atoms with Crippen molar-refractivity contribution in [1.29, 1.82) is 0 Å². The number of amides is 1. The number of nitrogens with one attached hydrogen (secondary N) is 1. The predicted molar refractivity (Wildman–Crippen MR) is 98.1 cm³/mol. The number of rotatable bonds is 5. The molecule has 1 N–H and O–H groups in total. The third-order valence-corrected chi connectivity index (χ3v) is 5.68. The van der Waals surface area contributed by atoms with Crippen LogP contribution in [0, 0.1) is 12.8 Å². The summed E-state index contributed by atoms with van der Waals surface area (Å²) in [7, 11) is 2.19. The van der Waals surface area contributed by atoms with E-state index in [1.165, 1.54) is 17.7 Å². The zero-order valence-corrected chi connectivity index (χ0v) is 15.2. The molecule has 0 spiro atoms. The van der Waals surface area contributed by atoms with E-state index in [1.807, 2.05) is 30.4 Å². The number of aryl methyl sites for hydroxylation is 1. The van der Waals surface area contributed by atoms with Gasteiger partial charge in [0, 0.05) is 29.4 Å². The number of carbonyl (C=O) groups is 1. The number of pyridine rings is 1. The summed E-state index contributed by atoms with van der Waals surface area (Å²) >= 11 is 1.81. The molecule has 3 heterocycles. The summed E-state index contributed by atoms with van der Waals surface area (Å²) in [4.78, 5) is 20.3. The molecule has 0 radical (unpaired) electrons. The molecular formula is C19H25N3OS. The Balaban J connectivity index is 1.57. The maximum Gasteiger partial charge on any atom is 0.224 e. The van der Waals surface area contributed by atoms with E-state index in [0.29, 0.717) is 18.4 Å². The fraction of sp³-hybridized carbons (Fsp3) is 0.474. The first-order valence-corrected chi connectivity index (χ1v) is 9.43. The molecular weight excluding hydrogens is 318 g/mol. The second kappa shape index (κ2) is 7.90. The van der Waals surface area contributed by atoms with Crippen LogP contribution in [-0.2, 0) is 11.2 Å². The van der Waals surface area contributed by atoms with E-state index < -0.39 is 0 Å². The van der Waals surface area contributed by atoms with Gasteiger partial charge in [-0.25, -0.2) is 0 Å². The van der Waals surface area contributed by atoms with Crippen LogP contribution in [0.1, 0.15) is 35.0 Å². The monoisotopic (exact) mass is 343 g/mol. The quantitative estimate of drug-likeness (QED) is 0.907. The van der Waals surface area contributed by atoms with Gasteiger partial charge in [0.1, 0.15) is 0 Å². The van der Waals surface area contributed by atoms with Gasteiger partial charge < -0.3 is 5.32 Å². The van der Waals surface area contributed by atoms with E-state index in [1.54, 1.807) is 6.20 Å². The first-order valence-electron chi connectivity index (χ1n) is 8.55. The third-order valence-electron chi connectivity index (χ3n) is 4.74. The summed E-state index contributed by atoms with van der Waals surface area (Å²) in [5.41, 5.74) is 1.94. The van der Waals surface area contributed by atoms with Crippen LogP contribution in [0.15, 0.2) is 35.8 Å². The van der Waals surface area contributed by atoms with E-state index in [0.717, 1.165) is 24.3 Å². The lowest BCUT2D eigenvalue weighted by Gasteiger charge is -2.38. The predicted octanol–water partition coefficient (Wildman–Crippen LogP) is 3.19. The van der Waals surface area contributed by atoms with Gasteiger partial charge in [-0.2, -0.15) is 0 Å². The Kier molecular flexibility index (Phi) is 5.63. The SMILES string of the molecule is Cc1ccc(CC(=O)NCC2CCCN(C)C2c2cccs2)cn1. The van der Waals surface area contributed by atoms with Crippen LogP contribution in [0.5, 0.6) is 0 Å². The molecule has 24 heavy (non-hydrogen) atoms. The zero-order chi connectivity index (χ0) is 16.9. The van der Waals surface area contributed by atoms with Crippen molar-refractivity contribution in [3.05, 3.63) is 52.0 Å². The highest BCUT2D eigenvalue weighted by Crippen LogP contribution is 2.36. The van der Waals surface area contributed by atoms with Crippen molar-refractivity contribution in [3.63, 3.8) is 0 Å². The topological polar surface area (TPSA) is 45.2 Å².